The van der Waals surface area contributed by atoms with Crippen molar-refractivity contribution in [2.45, 2.75) is 11.1 Å². The van der Waals surface area contributed by atoms with E-state index in [1.54, 1.807) is 0 Å². The molecule has 2 heterocycles. The highest BCUT2D eigenvalue weighted by atomic mass is 32.2. The fourth-order valence-electron chi connectivity index (χ4n) is 1.50. The van der Waals surface area contributed by atoms with E-state index < -0.39 is 14.9 Å². The van der Waals surface area contributed by atoms with Crippen LogP contribution >= 0.6 is 11.3 Å². The van der Waals surface area contributed by atoms with Gasteiger partial charge in [-0.25, -0.2) is 8.42 Å². The fraction of sp³-hybridized carbons (Fsp3) is 0.200. The van der Waals surface area contributed by atoms with Crippen LogP contribution in [0.25, 0.3) is 0 Å². The van der Waals surface area contributed by atoms with Crippen LogP contribution in [0.1, 0.15) is 5.69 Å². The topological polar surface area (TPSA) is 101 Å². The highest BCUT2D eigenvalue weighted by Gasteiger charge is 2.20. The Bertz CT molecular complexity index is 829. The highest BCUT2D eigenvalue weighted by Crippen LogP contribution is 2.19. The monoisotopic (exact) mass is 301 g/mol. The number of anilines is 1. The second-order valence-corrected chi connectivity index (χ2v) is 6.76. The van der Waals surface area contributed by atoms with E-state index in [1.165, 1.54) is 36.9 Å². The van der Waals surface area contributed by atoms with Crippen LogP contribution in [-0.4, -0.2) is 18.0 Å². The van der Waals surface area contributed by atoms with Crippen LogP contribution < -0.4 is 15.2 Å². The van der Waals surface area contributed by atoms with E-state index >= 15 is 0 Å². The Morgan fingerprint density at radius 1 is 1.32 bits per heavy atom. The Hall–Kier alpha value is -1.87. The van der Waals surface area contributed by atoms with Gasteiger partial charge in [0, 0.05) is 25.0 Å². The Morgan fingerprint density at radius 2 is 2.00 bits per heavy atom. The van der Waals surface area contributed by atoms with Crippen molar-refractivity contribution in [2.24, 2.45) is 7.05 Å². The minimum Gasteiger partial charge on any atom is -0.316 e. The minimum absolute atomic E-state index is 0.0636. The fourth-order valence-corrected chi connectivity index (χ4v) is 3.85. The number of nitrogens with one attached hydrogen (secondary N) is 2. The molecule has 9 heteroatoms. The predicted octanol–water partition coefficient (Wildman–Crippen LogP) is 0.244. The average Bonchev–Trinajstić information content (AvgIpc) is 2.63. The molecular weight excluding hydrogens is 290 g/mol. The molecule has 102 valence electrons. The lowest BCUT2D eigenvalue weighted by Crippen LogP contribution is -2.18. The molecule has 2 aromatic heterocycles. The average molecular weight is 301 g/mol. The molecule has 2 aromatic rings. The first-order valence-electron chi connectivity index (χ1n) is 5.19. The van der Waals surface area contributed by atoms with Gasteiger partial charge >= 0.3 is 4.87 Å². The molecule has 0 aromatic carbocycles. The van der Waals surface area contributed by atoms with Gasteiger partial charge in [-0.2, -0.15) is 0 Å². The van der Waals surface area contributed by atoms with Crippen molar-refractivity contribution in [1.29, 1.82) is 0 Å². The van der Waals surface area contributed by atoms with Crippen molar-refractivity contribution in [3.8, 4) is 0 Å². The van der Waals surface area contributed by atoms with Gasteiger partial charge in [-0.05, 0) is 13.0 Å². The maximum Gasteiger partial charge on any atom is 0.306 e. The summed E-state index contributed by atoms with van der Waals surface area (Å²) >= 11 is 0.618. The van der Waals surface area contributed by atoms with Gasteiger partial charge in [-0.3, -0.25) is 14.3 Å². The molecule has 7 nitrogen and oxygen atoms in total. The van der Waals surface area contributed by atoms with E-state index in [9.17, 15) is 18.0 Å². The number of thiazole rings is 1. The summed E-state index contributed by atoms with van der Waals surface area (Å²) in [5.74, 6) is 0. The molecule has 0 unspecified atom stereocenters. The normalized spacial score (nSPS) is 11.5. The van der Waals surface area contributed by atoms with Crippen molar-refractivity contribution in [2.75, 3.05) is 4.72 Å². The summed E-state index contributed by atoms with van der Waals surface area (Å²) in [4.78, 5) is 24.3. The van der Waals surface area contributed by atoms with Crippen molar-refractivity contribution >= 4 is 27.0 Å². The van der Waals surface area contributed by atoms with Crippen molar-refractivity contribution in [1.82, 2.24) is 9.55 Å². The molecule has 0 saturated heterocycles. The standard InChI is InChI=1S/C10H11N3O4S2/c1-6-9(18-10(15)11-6)19(16,17)12-7-3-4-8(14)13(2)5-7/h3-5,12H,1-2H3,(H,11,15). The Balaban J connectivity index is 2.41. The van der Waals surface area contributed by atoms with Gasteiger partial charge in [-0.1, -0.05) is 11.3 Å². The number of hydrogen-bond donors (Lipinski definition) is 2. The summed E-state index contributed by atoms with van der Waals surface area (Å²) in [5, 5.41) is 0. The Labute approximate surface area is 112 Å². The van der Waals surface area contributed by atoms with Crippen LogP contribution in [0.4, 0.5) is 5.69 Å². The van der Waals surface area contributed by atoms with Crippen LogP contribution in [0, 0.1) is 6.92 Å². The maximum absolute atomic E-state index is 12.1. The van der Waals surface area contributed by atoms with Gasteiger partial charge in [0.1, 0.15) is 0 Å². The molecule has 0 fully saturated rings. The van der Waals surface area contributed by atoms with E-state index in [0.717, 1.165) is 0 Å². The zero-order valence-electron chi connectivity index (χ0n) is 10.1. The van der Waals surface area contributed by atoms with Crippen molar-refractivity contribution in [3.63, 3.8) is 0 Å². The van der Waals surface area contributed by atoms with Crippen LogP contribution in [-0.2, 0) is 17.1 Å². The van der Waals surface area contributed by atoms with Crippen LogP contribution in [0.5, 0.6) is 0 Å². The molecule has 0 bridgehead atoms. The Morgan fingerprint density at radius 3 is 2.53 bits per heavy atom. The summed E-state index contributed by atoms with van der Waals surface area (Å²) < 4.78 is 27.7. The number of nitrogens with zero attached hydrogens (tertiary/aromatic N) is 1. The number of H-pyrrole nitrogens is 1. The van der Waals surface area contributed by atoms with Crippen molar-refractivity contribution in [3.05, 3.63) is 44.0 Å². The molecule has 0 spiro atoms. The molecule has 19 heavy (non-hydrogen) atoms. The Kier molecular flexibility index (Phi) is 3.33. The summed E-state index contributed by atoms with van der Waals surface area (Å²) in [7, 11) is -2.32. The van der Waals surface area contributed by atoms with E-state index in [4.69, 9.17) is 0 Å². The van der Waals surface area contributed by atoms with E-state index in [-0.39, 0.29) is 21.1 Å². The highest BCUT2D eigenvalue weighted by molar-refractivity contribution is 7.94. The summed E-state index contributed by atoms with van der Waals surface area (Å²) in [5.41, 5.74) is 0.292. The second-order valence-electron chi connectivity index (χ2n) is 3.90. The first-order chi connectivity index (χ1) is 8.79. The molecule has 0 aliphatic rings. The lowest BCUT2D eigenvalue weighted by Gasteiger charge is -2.07. The number of aryl methyl sites for hydroxylation is 2. The lowest BCUT2D eigenvalue weighted by molar-refractivity contribution is 0.602. The maximum atomic E-state index is 12.1. The summed E-state index contributed by atoms with van der Waals surface area (Å²) in [6.07, 6.45) is 1.37. The zero-order valence-corrected chi connectivity index (χ0v) is 11.8. The molecule has 0 atom stereocenters. The number of aromatic nitrogens is 2. The van der Waals surface area contributed by atoms with Crippen molar-refractivity contribution < 1.29 is 8.42 Å². The minimum atomic E-state index is -3.83. The third kappa shape index (κ3) is 2.76. The quantitative estimate of drug-likeness (QED) is 0.848. The number of sulfonamides is 1. The first kappa shape index (κ1) is 13.6. The predicted molar refractivity (Wildman–Crippen MR) is 72.2 cm³/mol. The van der Waals surface area contributed by atoms with Crippen LogP contribution in [0.3, 0.4) is 0 Å². The largest absolute Gasteiger partial charge is 0.316 e. The van der Waals surface area contributed by atoms with Gasteiger partial charge in [0.15, 0.2) is 4.21 Å². The summed E-state index contributed by atoms with van der Waals surface area (Å²) in [6, 6.07) is 2.62. The molecule has 0 saturated carbocycles. The van der Waals surface area contributed by atoms with Crippen LogP contribution in [0.15, 0.2) is 32.1 Å². The molecule has 0 aliphatic heterocycles. The van der Waals surface area contributed by atoms with Gasteiger partial charge in [0.05, 0.1) is 5.69 Å². The third-order valence-corrected chi connectivity index (χ3v) is 5.35. The van der Waals surface area contributed by atoms with E-state index in [0.29, 0.717) is 11.3 Å². The van der Waals surface area contributed by atoms with E-state index in [1.807, 2.05) is 0 Å². The molecule has 0 radical (unpaired) electrons. The molecule has 0 amide bonds. The second kappa shape index (κ2) is 4.67. The molecule has 0 aliphatic carbocycles. The van der Waals surface area contributed by atoms with E-state index in [2.05, 4.69) is 9.71 Å². The lowest BCUT2D eigenvalue weighted by atomic mass is 10.4. The number of rotatable bonds is 3. The smallest absolute Gasteiger partial charge is 0.306 e. The summed E-state index contributed by atoms with van der Waals surface area (Å²) in [6.45, 7) is 1.51. The first-order valence-corrected chi connectivity index (χ1v) is 7.49. The number of aromatic amines is 1. The van der Waals surface area contributed by atoms with Gasteiger partial charge in [0.2, 0.25) is 5.56 Å². The molecular formula is C10H11N3O4S2. The van der Waals surface area contributed by atoms with Gasteiger partial charge in [-0.15, -0.1) is 0 Å². The SMILES string of the molecule is Cc1[nH]c(=O)sc1S(=O)(=O)Nc1ccc(=O)n(C)c1. The van der Waals surface area contributed by atoms with Gasteiger partial charge < -0.3 is 9.55 Å². The molecule has 2 N–H and O–H groups in total. The number of pyridine rings is 1. The number of hydrogen-bond acceptors (Lipinski definition) is 5. The third-order valence-electron chi connectivity index (χ3n) is 2.36. The van der Waals surface area contributed by atoms with Crippen LogP contribution in [0.2, 0.25) is 0 Å². The van der Waals surface area contributed by atoms with Gasteiger partial charge in [0.25, 0.3) is 10.0 Å². The molecule has 2 rings (SSSR count). The zero-order chi connectivity index (χ0) is 14.2.